The molecule has 1 aliphatic rings. The van der Waals surface area contributed by atoms with Crippen molar-refractivity contribution in [2.75, 3.05) is 0 Å². The molecule has 3 nitrogen and oxygen atoms in total. The summed E-state index contributed by atoms with van der Waals surface area (Å²) in [6.45, 7) is 0.698. The number of aliphatic imine (C=N–C) groups is 1. The molecule has 0 aliphatic heterocycles. The van der Waals surface area contributed by atoms with Gasteiger partial charge in [0.1, 0.15) is 0 Å². The van der Waals surface area contributed by atoms with Crippen LogP contribution >= 0.6 is 35.3 Å². The number of nitrogens with two attached hydrogens (primary N) is 1. The highest BCUT2D eigenvalue weighted by Gasteiger charge is 2.14. The summed E-state index contributed by atoms with van der Waals surface area (Å²) in [4.78, 5) is 5.58. The van der Waals surface area contributed by atoms with Gasteiger partial charge in [0.2, 0.25) is 0 Å². The van der Waals surface area contributed by atoms with Crippen LogP contribution < -0.4 is 11.1 Å². The predicted molar refractivity (Wildman–Crippen MR) is 80.5 cm³/mol. The molecule has 3 N–H and O–H groups in total. The molecule has 0 radical (unpaired) electrons. The van der Waals surface area contributed by atoms with E-state index >= 15 is 0 Å². The Labute approximate surface area is 118 Å². The number of halogens is 1. The van der Waals surface area contributed by atoms with Gasteiger partial charge in [-0.25, -0.2) is 4.99 Å². The summed E-state index contributed by atoms with van der Waals surface area (Å²) in [5, 5.41) is 5.33. The van der Waals surface area contributed by atoms with Crippen molar-refractivity contribution in [2.24, 2.45) is 10.7 Å². The first-order chi connectivity index (χ1) is 7.34. The molecule has 2 rings (SSSR count). The first-order valence-corrected chi connectivity index (χ1v) is 6.31. The average Bonchev–Trinajstić information content (AvgIpc) is 2.86. The van der Waals surface area contributed by atoms with E-state index in [4.69, 9.17) is 5.73 Å². The van der Waals surface area contributed by atoms with E-state index in [1.165, 1.54) is 30.6 Å². The molecule has 1 aromatic heterocycles. The van der Waals surface area contributed by atoms with Gasteiger partial charge in [0.25, 0.3) is 0 Å². The largest absolute Gasteiger partial charge is 0.370 e. The maximum absolute atomic E-state index is 5.81. The van der Waals surface area contributed by atoms with Crippen LogP contribution in [0.3, 0.4) is 0 Å². The van der Waals surface area contributed by atoms with E-state index in [9.17, 15) is 0 Å². The number of hydrogen-bond acceptors (Lipinski definition) is 2. The molecule has 1 aromatic rings. The second kappa shape index (κ2) is 7.11. The second-order valence-electron chi connectivity index (χ2n) is 3.91. The van der Waals surface area contributed by atoms with E-state index < -0.39 is 0 Å². The molecular weight excluding hydrogens is 333 g/mol. The van der Waals surface area contributed by atoms with Crippen molar-refractivity contribution in [1.82, 2.24) is 5.32 Å². The Morgan fingerprint density at radius 3 is 2.88 bits per heavy atom. The predicted octanol–water partition coefficient (Wildman–Crippen LogP) is 2.71. The lowest BCUT2D eigenvalue weighted by atomic mass is 10.2. The van der Waals surface area contributed by atoms with Crippen LogP contribution in [0.1, 0.15) is 30.6 Å². The minimum Gasteiger partial charge on any atom is -0.370 e. The quantitative estimate of drug-likeness (QED) is 0.500. The highest BCUT2D eigenvalue weighted by atomic mass is 127. The van der Waals surface area contributed by atoms with Gasteiger partial charge in [-0.1, -0.05) is 18.9 Å². The molecule has 1 saturated carbocycles. The normalized spacial score (nSPS) is 17.1. The molecule has 0 bridgehead atoms. The Morgan fingerprint density at radius 1 is 1.50 bits per heavy atom. The Morgan fingerprint density at radius 2 is 2.25 bits per heavy atom. The molecule has 0 saturated heterocycles. The summed E-state index contributed by atoms with van der Waals surface area (Å²) in [6, 6.07) is 4.67. The number of hydrogen-bond donors (Lipinski definition) is 2. The van der Waals surface area contributed by atoms with Crippen LogP contribution in [-0.2, 0) is 6.54 Å². The van der Waals surface area contributed by atoms with Crippen LogP contribution in [0.15, 0.2) is 22.5 Å². The van der Waals surface area contributed by atoms with E-state index in [2.05, 4.69) is 21.8 Å². The van der Waals surface area contributed by atoms with Crippen molar-refractivity contribution in [3.8, 4) is 0 Å². The molecule has 16 heavy (non-hydrogen) atoms. The van der Waals surface area contributed by atoms with E-state index in [1.54, 1.807) is 11.3 Å². The van der Waals surface area contributed by atoms with Gasteiger partial charge in [0.15, 0.2) is 5.96 Å². The van der Waals surface area contributed by atoms with Gasteiger partial charge in [0, 0.05) is 10.9 Å². The standard InChI is InChI=1S/C11H17N3S.HI/c12-11(14-9-4-1-2-5-9)13-8-10-6-3-7-15-10;/h3,6-7,9H,1-2,4-5,8H2,(H3,12,13,14);1H. The number of nitrogens with one attached hydrogen (secondary N) is 1. The zero-order valence-electron chi connectivity index (χ0n) is 9.19. The Balaban J connectivity index is 0.00000128. The van der Waals surface area contributed by atoms with Crippen LogP contribution in [0.4, 0.5) is 0 Å². The average molecular weight is 351 g/mol. The Hall–Kier alpha value is -0.300. The number of guanidine groups is 1. The number of rotatable bonds is 3. The van der Waals surface area contributed by atoms with Crippen molar-refractivity contribution in [3.63, 3.8) is 0 Å². The molecule has 90 valence electrons. The van der Waals surface area contributed by atoms with E-state index in [-0.39, 0.29) is 24.0 Å². The lowest BCUT2D eigenvalue weighted by molar-refractivity contribution is 0.625. The second-order valence-corrected chi connectivity index (χ2v) is 4.94. The maximum Gasteiger partial charge on any atom is 0.189 e. The molecular formula is C11H18IN3S. The first kappa shape index (κ1) is 13.8. The Bertz CT molecular complexity index is 318. The fraction of sp³-hybridized carbons (Fsp3) is 0.545. The van der Waals surface area contributed by atoms with Crippen molar-refractivity contribution >= 4 is 41.3 Å². The zero-order chi connectivity index (χ0) is 10.5. The van der Waals surface area contributed by atoms with Gasteiger partial charge in [-0.05, 0) is 24.3 Å². The fourth-order valence-corrected chi connectivity index (χ4v) is 2.52. The Kier molecular flexibility index (Phi) is 6.12. The minimum absolute atomic E-state index is 0. The van der Waals surface area contributed by atoms with Crippen LogP contribution in [-0.4, -0.2) is 12.0 Å². The summed E-state index contributed by atoms with van der Waals surface area (Å²) in [6.07, 6.45) is 5.09. The zero-order valence-corrected chi connectivity index (χ0v) is 12.3. The number of nitrogens with zero attached hydrogens (tertiary/aromatic N) is 1. The topological polar surface area (TPSA) is 50.4 Å². The fourth-order valence-electron chi connectivity index (χ4n) is 1.89. The van der Waals surface area contributed by atoms with Gasteiger partial charge in [-0.3, -0.25) is 0 Å². The smallest absolute Gasteiger partial charge is 0.189 e. The summed E-state index contributed by atoms with van der Waals surface area (Å²) < 4.78 is 0. The van der Waals surface area contributed by atoms with Crippen molar-refractivity contribution < 1.29 is 0 Å². The third-order valence-electron chi connectivity index (χ3n) is 2.69. The van der Waals surface area contributed by atoms with Crippen molar-refractivity contribution in [2.45, 2.75) is 38.3 Å². The van der Waals surface area contributed by atoms with Gasteiger partial charge in [-0.15, -0.1) is 35.3 Å². The summed E-state index contributed by atoms with van der Waals surface area (Å²) in [5.41, 5.74) is 5.81. The van der Waals surface area contributed by atoms with Crippen LogP contribution in [0, 0.1) is 0 Å². The molecule has 0 spiro atoms. The van der Waals surface area contributed by atoms with E-state index in [0.717, 1.165) is 0 Å². The van der Waals surface area contributed by atoms with Crippen LogP contribution in [0.2, 0.25) is 0 Å². The van der Waals surface area contributed by atoms with E-state index in [1.807, 2.05) is 6.07 Å². The SMILES string of the molecule is I.NC(=NCc1cccs1)NC1CCCC1. The molecule has 1 fully saturated rings. The summed E-state index contributed by atoms with van der Waals surface area (Å²) in [5.74, 6) is 0.593. The molecule has 0 aromatic carbocycles. The molecule has 0 amide bonds. The van der Waals surface area contributed by atoms with Crippen LogP contribution in [0.25, 0.3) is 0 Å². The van der Waals surface area contributed by atoms with Crippen molar-refractivity contribution in [1.29, 1.82) is 0 Å². The number of thiophene rings is 1. The lowest BCUT2D eigenvalue weighted by Gasteiger charge is -2.11. The third kappa shape index (κ3) is 4.29. The van der Waals surface area contributed by atoms with Gasteiger partial charge in [-0.2, -0.15) is 0 Å². The molecule has 5 heteroatoms. The monoisotopic (exact) mass is 351 g/mol. The molecule has 0 unspecified atom stereocenters. The third-order valence-corrected chi connectivity index (χ3v) is 3.55. The maximum atomic E-state index is 5.81. The summed E-state index contributed by atoms with van der Waals surface area (Å²) in [7, 11) is 0. The highest BCUT2D eigenvalue weighted by Crippen LogP contribution is 2.17. The highest BCUT2D eigenvalue weighted by molar-refractivity contribution is 14.0. The minimum atomic E-state index is 0. The van der Waals surface area contributed by atoms with Crippen LogP contribution in [0.5, 0.6) is 0 Å². The van der Waals surface area contributed by atoms with Gasteiger partial charge in [0.05, 0.1) is 6.54 Å². The lowest BCUT2D eigenvalue weighted by Crippen LogP contribution is -2.38. The first-order valence-electron chi connectivity index (χ1n) is 5.43. The van der Waals surface area contributed by atoms with E-state index in [0.29, 0.717) is 18.5 Å². The summed E-state index contributed by atoms with van der Waals surface area (Å²) >= 11 is 1.72. The van der Waals surface area contributed by atoms with Gasteiger partial charge < -0.3 is 11.1 Å². The molecule has 1 aliphatic carbocycles. The van der Waals surface area contributed by atoms with Gasteiger partial charge >= 0.3 is 0 Å². The van der Waals surface area contributed by atoms with Crippen molar-refractivity contribution in [3.05, 3.63) is 22.4 Å². The molecule has 1 heterocycles. The molecule has 0 atom stereocenters.